The van der Waals surface area contributed by atoms with Crippen molar-refractivity contribution in [2.75, 3.05) is 18.2 Å². The molecule has 2 aromatic heterocycles. The Hall–Kier alpha value is -3.49. The zero-order valence-corrected chi connectivity index (χ0v) is 16.5. The maximum absolute atomic E-state index is 13.2. The molecule has 2 aromatic carbocycles. The number of hydrogen-bond donors (Lipinski definition) is 2. The lowest BCUT2D eigenvalue weighted by atomic mass is 10.0. The van der Waals surface area contributed by atoms with E-state index in [0.717, 1.165) is 17.5 Å². The molecule has 0 spiro atoms. The van der Waals surface area contributed by atoms with Gasteiger partial charge in [0.15, 0.2) is 11.4 Å². The molecule has 4 aromatic rings. The van der Waals surface area contributed by atoms with Crippen LogP contribution in [0.1, 0.15) is 29.9 Å². The van der Waals surface area contributed by atoms with E-state index < -0.39 is 17.8 Å². The van der Waals surface area contributed by atoms with Crippen LogP contribution in [0.3, 0.4) is 0 Å². The van der Waals surface area contributed by atoms with Gasteiger partial charge in [0.2, 0.25) is 0 Å². The van der Waals surface area contributed by atoms with Crippen molar-refractivity contribution in [3.05, 3.63) is 53.3 Å². The zero-order chi connectivity index (χ0) is 21.6. The molecule has 0 radical (unpaired) electrons. The van der Waals surface area contributed by atoms with Gasteiger partial charge in [0.1, 0.15) is 22.7 Å². The quantitative estimate of drug-likeness (QED) is 0.429. The van der Waals surface area contributed by atoms with Gasteiger partial charge >= 0.3 is 6.18 Å². The Morgan fingerprint density at radius 1 is 1.13 bits per heavy atom. The Labute approximate surface area is 169 Å². The predicted octanol–water partition coefficient (Wildman–Crippen LogP) is 5.47. The highest BCUT2D eigenvalue weighted by atomic mass is 19.4. The number of halogens is 3. The Morgan fingerprint density at radius 3 is 2.60 bits per heavy atom. The minimum atomic E-state index is -4.49. The first-order valence-corrected chi connectivity index (χ1v) is 9.15. The lowest BCUT2D eigenvalue weighted by molar-refractivity contribution is -0.137. The zero-order valence-electron chi connectivity index (χ0n) is 16.5. The number of furan rings is 1. The molecule has 0 aliphatic rings. The number of aryl methyl sites for hydroxylation is 1. The van der Waals surface area contributed by atoms with Crippen LogP contribution >= 0.6 is 0 Å². The third kappa shape index (κ3) is 3.58. The number of nitrogen functional groups attached to an aromatic ring is 1. The number of methoxy groups -OCH3 is 1. The maximum atomic E-state index is 13.2. The molecule has 0 bridgehead atoms. The van der Waals surface area contributed by atoms with E-state index >= 15 is 0 Å². The summed E-state index contributed by atoms with van der Waals surface area (Å²) in [7, 11) is 1.56. The molecule has 156 valence electrons. The second kappa shape index (κ2) is 7.08. The van der Waals surface area contributed by atoms with Gasteiger partial charge in [-0.2, -0.15) is 13.2 Å². The average molecular weight is 416 g/mol. The Balaban J connectivity index is 1.77. The van der Waals surface area contributed by atoms with Crippen molar-refractivity contribution in [3.63, 3.8) is 0 Å². The summed E-state index contributed by atoms with van der Waals surface area (Å²) in [5.41, 5.74) is 6.91. The first-order chi connectivity index (χ1) is 14.2. The molecule has 1 atom stereocenters. The number of nitrogens with zero attached hydrogens (tertiary/aromatic N) is 2. The first kappa shape index (κ1) is 19.8. The van der Waals surface area contributed by atoms with E-state index in [-0.39, 0.29) is 5.69 Å². The van der Waals surface area contributed by atoms with Gasteiger partial charge in [0.25, 0.3) is 0 Å². The molecule has 4 rings (SSSR count). The van der Waals surface area contributed by atoms with Gasteiger partial charge in [-0.15, -0.1) is 0 Å². The number of hydrogen-bond acceptors (Lipinski definition) is 6. The summed E-state index contributed by atoms with van der Waals surface area (Å²) in [6.07, 6.45) is -4.49. The van der Waals surface area contributed by atoms with Gasteiger partial charge in [0, 0.05) is 17.1 Å². The lowest BCUT2D eigenvalue weighted by Crippen LogP contribution is -2.12. The average Bonchev–Trinajstić information content (AvgIpc) is 3.04. The highest BCUT2D eigenvalue weighted by Crippen LogP contribution is 2.36. The number of anilines is 2. The molecule has 0 saturated carbocycles. The molecule has 0 unspecified atom stereocenters. The van der Waals surface area contributed by atoms with Crippen molar-refractivity contribution in [1.82, 2.24) is 9.97 Å². The molecule has 3 N–H and O–H groups in total. The molecular weight excluding hydrogens is 397 g/mol. The SMILES string of the molecule is COc1ccc2c(c1)oc1c(N[C@H](C)c3cc(N)cc(C(F)(F)F)c3)nc(C)nc12. The largest absolute Gasteiger partial charge is 0.497 e. The number of alkyl halides is 3. The molecule has 0 aliphatic heterocycles. The van der Waals surface area contributed by atoms with Gasteiger partial charge < -0.3 is 20.2 Å². The van der Waals surface area contributed by atoms with E-state index in [1.165, 1.54) is 6.07 Å². The van der Waals surface area contributed by atoms with Crippen LogP contribution in [-0.2, 0) is 6.18 Å². The molecule has 0 saturated heterocycles. The Kier molecular flexibility index (Phi) is 4.68. The fourth-order valence-corrected chi connectivity index (χ4v) is 3.34. The number of rotatable bonds is 4. The highest BCUT2D eigenvalue weighted by molar-refractivity contribution is 6.06. The molecule has 0 aliphatic carbocycles. The monoisotopic (exact) mass is 416 g/mol. The summed E-state index contributed by atoms with van der Waals surface area (Å²) in [4.78, 5) is 8.86. The molecule has 0 fully saturated rings. The van der Waals surface area contributed by atoms with Crippen molar-refractivity contribution in [3.8, 4) is 5.75 Å². The van der Waals surface area contributed by atoms with Gasteiger partial charge in [-0.3, -0.25) is 0 Å². The number of benzene rings is 2. The van der Waals surface area contributed by atoms with E-state index in [1.807, 2.05) is 6.07 Å². The number of aromatic nitrogens is 2. The summed E-state index contributed by atoms with van der Waals surface area (Å²) in [6, 6.07) is 8.35. The van der Waals surface area contributed by atoms with Crippen molar-refractivity contribution >= 4 is 33.6 Å². The third-order valence-corrected chi connectivity index (χ3v) is 4.79. The molecular formula is C21H19F3N4O2. The molecule has 0 amide bonds. The predicted molar refractivity (Wildman–Crippen MR) is 108 cm³/mol. The summed E-state index contributed by atoms with van der Waals surface area (Å²) < 4.78 is 50.6. The topological polar surface area (TPSA) is 86.2 Å². The number of nitrogens with one attached hydrogen (secondary N) is 1. The van der Waals surface area contributed by atoms with Crippen LogP contribution in [0.25, 0.3) is 22.1 Å². The molecule has 2 heterocycles. The van der Waals surface area contributed by atoms with Crippen LogP contribution in [0.5, 0.6) is 5.75 Å². The van der Waals surface area contributed by atoms with Crippen LogP contribution in [-0.4, -0.2) is 17.1 Å². The van der Waals surface area contributed by atoms with Crippen molar-refractivity contribution in [2.45, 2.75) is 26.1 Å². The minimum Gasteiger partial charge on any atom is -0.497 e. The molecule has 9 heteroatoms. The van der Waals surface area contributed by atoms with Crippen LogP contribution in [0.15, 0.2) is 40.8 Å². The highest BCUT2D eigenvalue weighted by Gasteiger charge is 2.31. The molecule has 30 heavy (non-hydrogen) atoms. The van der Waals surface area contributed by atoms with Gasteiger partial charge in [0.05, 0.1) is 18.7 Å². The Morgan fingerprint density at radius 2 is 1.90 bits per heavy atom. The normalized spacial score (nSPS) is 13.0. The summed E-state index contributed by atoms with van der Waals surface area (Å²) >= 11 is 0. The van der Waals surface area contributed by atoms with Crippen molar-refractivity contribution < 1.29 is 22.3 Å². The van der Waals surface area contributed by atoms with Gasteiger partial charge in [-0.25, -0.2) is 9.97 Å². The number of fused-ring (bicyclic) bond motifs is 3. The summed E-state index contributed by atoms with van der Waals surface area (Å²) in [6.45, 7) is 3.46. The minimum absolute atomic E-state index is 0.0355. The van der Waals surface area contributed by atoms with Crippen LogP contribution in [0.4, 0.5) is 24.7 Å². The van der Waals surface area contributed by atoms with Crippen molar-refractivity contribution in [2.24, 2.45) is 0 Å². The van der Waals surface area contributed by atoms with E-state index in [9.17, 15) is 13.2 Å². The third-order valence-electron chi connectivity index (χ3n) is 4.79. The van der Waals surface area contributed by atoms with Crippen LogP contribution < -0.4 is 15.8 Å². The van der Waals surface area contributed by atoms with Crippen molar-refractivity contribution in [1.29, 1.82) is 0 Å². The fraction of sp³-hybridized carbons (Fsp3) is 0.238. The summed E-state index contributed by atoms with van der Waals surface area (Å²) in [5.74, 6) is 1.52. The fourth-order valence-electron chi connectivity index (χ4n) is 3.34. The van der Waals surface area contributed by atoms with Crippen LogP contribution in [0.2, 0.25) is 0 Å². The van der Waals surface area contributed by atoms with E-state index in [2.05, 4.69) is 15.3 Å². The number of ether oxygens (including phenoxy) is 1. The van der Waals surface area contributed by atoms with E-state index in [0.29, 0.717) is 39.6 Å². The van der Waals surface area contributed by atoms with Gasteiger partial charge in [-0.05, 0) is 49.7 Å². The second-order valence-corrected chi connectivity index (χ2v) is 7.01. The standard InChI is InChI=1S/C21H19F3N4O2/c1-10(12-6-13(21(22,23)24)8-14(25)7-12)26-20-19-18(27-11(2)28-20)16-5-4-15(29-3)9-17(16)30-19/h4-10H,25H2,1-3H3,(H,26,27,28)/t10-/m1/s1. The van der Waals surface area contributed by atoms with E-state index in [4.69, 9.17) is 14.9 Å². The second-order valence-electron chi connectivity index (χ2n) is 7.01. The lowest BCUT2D eigenvalue weighted by Gasteiger charge is -2.18. The molecule has 6 nitrogen and oxygen atoms in total. The Bertz CT molecular complexity index is 1250. The first-order valence-electron chi connectivity index (χ1n) is 9.15. The number of nitrogens with two attached hydrogens (primary N) is 1. The van der Waals surface area contributed by atoms with E-state index in [1.54, 1.807) is 33.1 Å². The summed E-state index contributed by atoms with van der Waals surface area (Å²) in [5, 5.41) is 3.93. The van der Waals surface area contributed by atoms with Crippen LogP contribution in [0, 0.1) is 6.92 Å². The maximum Gasteiger partial charge on any atom is 0.416 e. The smallest absolute Gasteiger partial charge is 0.416 e. The van der Waals surface area contributed by atoms with Gasteiger partial charge in [-0.1, -0.05) is 0 Å².